The van der Waals surface area contributed by atoms with E-state index in [1.165, 1.54) is 0 Å². The molecule has 7 heteroatoms. The minimum atomic E-state index is 0. The number of hydrogen-bond donors (Lipinski definition) is 2. The molecular weight excluding hydrogens is 431 g/mol. The molecule has 1 aliphatic heterocycles. The van der Waals surface area contributed by atoms with Crippen molar-refractivity contribution >= 4 is 56.7 Å². The van der Waals surface area contributed by atoms with Crippen LogP contribution in [0.15, 0.2) is 33.7 Å². The Balaban J connectivity index is 0.00000180. The number of piperazine rings is 1. The van der Waals surface area contributed by atoms with Gasteiger partial charge in [-0.15, -0.1) is 31.4 Å². The lowest BCUT2D eigenvalue weighted by Gasteiger charge is -2.34. The van der Waals surface area contributed by atoms with Crippen molar-refractivity contribution in [1.82, 2.24) is 10.2 Å². The Morgan fingerprint density at radius 2 is 1.75 bits per heavy atom. The molecule has 1 saturated heterocycles. The smallest absolute Gasteiger partial charge is 0.135 e. The molecule has 20 heavy (non-hydrogen) atoms. The number of nitrogens with zero attached hydrogens (tertiary/aromatic N) is 1. The lowest BCUT2D eigenvalue weighted by molar-refractivity contribution is 0.200. The first kappa shape index (κ1) is 20.2. The molecule has 0 spiro atoms. The van der Waals surface area contributed by atoms with Gasteiger partial charge in [0.2, 0.25) is 0 Å². The second-order valence-corrected chi connectivity index (χ2v) is 5.97. The Bertz CT molecular complexity index is 454. The summed E-state index contributed by atoms with van der Waals surface area (Å²) in [6.07, 6.45) is 1.89. The van der Waals surface area contributed by atoms with Crippen LogP contribution in [0.5, 0.6) is 5.75 Å². The molecule has 0 unspecified atom stereocenters. The third kappa shape index (κ3) is 4.36. The van der Waals surface area contributed by atoms with Crippen LogP contribution in [0.1, 0.15) is 11.6 Å². The summed E-state index contributed by atoms with van der Waals surface area (Å²) in [5.74, 6) is 0.285. The standard InChI is InChI=1S/C13H16Br2N2O.2ClH/c1-2-11(17-7-5-16-6-8-17)12-9(14)3-4-10(15)13(12)18;;/h2-4,11,16,18H,1,5-8H2;2*1H/t11-;;/m1../s1. The van der Waals surface area contributed by atoms with Crippen molar-refractivity contribution in [1.29, 1.82) is 0 Å². The maximum Gasteiger partial charge on any atom is 0.135 e. The van der Waals surface area contributed by atoms with E-state index >= 15 is 0 Å². The molecule has 0 saturated carbocycles. The van der Waals surface area contributed by atoms with E-state index in [1.807, 2.05) is 18.2 Å². The first-order valence-corrected chi connectivity index (χ1v) is 7.48. The lowest BCUT2D eigenvalue weighted by atomic mass is 10.0. The van der Waals surface area contributed by atoms with Crippen LogP contribution >= 0.6 is 56.7 Å². The number of hydrogen-bond acceptors (Lipinski definition) is 3. The lowest BCUT2D eigenvalue weighted by Crippen LogP contribution is -2.44. The Labute approximate surface area is 148 Å². The molecule has 2 rings (SSSR count). The molecular formula is C13H18Br2Cl2N2O. The third-order valence-electron chi connectivity index (χ3n) is 3.18. The Hall–Kier alpha value is 0.220. The van der Waals surface area contributed by atoms with Gasteiger partial charge < -0.3 is 10.4 Å². The number of nitrogens with one attached hydrogen (secondary N) is 1. The molecule has 2 N–H and O–H groups in total. The van der Waals surface area contributed by atoms with Crippen LogP contribution in [0.2, 0.25) is 0 Å². The molecule has 1 aliphatic rings. The Kier molecular flexibility index (Phi) is 9.38. The molecule has 114 valence electrons. The van der Waals surface area contributed by atoms with Crippen LogP contribution in [0.25, 0.3) is 0 Å². The highest BCUT2D eigenvalue weighted by Crippen LogP contribution is 2.40. The van der Waals surface area contributed by atoms with Gasteiger partial charge in [0.1, 0.15) is 5.75 Å². The van der Waals surface area contributed by atoms with Crippen LogP contribution in [-0.2, 0) is 0 Å². The normalized spacial score (nSPS) is 16.7. The molecule has 1 fully saturated rings. The molecule has 0 aromatic heterocycles. The fourth-order valence-electron chi connectivity index (χ4n) is 2.25. The van der Waals surface area contributed by atoms with Crippen LogP contribution in [-0.4, -0.2) is 36.2 Å². The number of benzene rings is 1. The SMILES string of the molecule is C=C[C@H](c1c(Br)ccc(Br)c1O)N1CCNCC1.Cl.Cl. The van der Waals surface area contributed by atoms with E-state index < -0.39 is 0 Å². The Morgan fingerprint density at radius 3 is 2.30 bits per heavy atom. The van der Waals surface area contributed by atoms with E-state index in [0.717, 1.165) is 36.2 Å². The predicted octanol–water partition coefficient (Wildman–Crippen LogP) is 3.89. The van der Waals surface area contributed by atoms with Gasteiger partial charge >= 0.3 is 0 Å². The number of rotatable bonds is 3. The average Bonchev–Trinajstić information content (AvgIpc) is 2.40. The van der Waals surface area contributed by atoms with E-state index in [4.69, 9.17) is 0 Å². The quantitative estimate of drug-likeness (QED) is 0.688. The zero-order valence-corrected chi connectivity index (χ0v) is 15.6. The molecule has 0 amide bonds. The first-order chi connectivity index (χ1) is 8.65. The van der Waals surface area contributed by atoms with Crippen molar-refractivity contribution in [3.05, 3.63) is 39.3 Å². The summed E-state index contributed by atoms with van der Waals surface area (Å²) in [5, 5.41) is 13.6. The summed E-state index contributed by atoms with van der Waals surface area (Å²) >= 11 is 6.88. The molecule has 1 aromatic rings. The topological polar surface area (TPSA) is 35.5 Å². The van der Waals surface area contributed by atoms with Crippen molar-refractivity contribution in [2.45, 2.75) is 6.04 Å². The van der Waals surface area contributed by atoms with Gasteiger partial charge in [0.05, 0.1) is 10.5 Å². The van der Waals surface area contributed by atoms with Crippen LogP contribution < -0.4 is 5.32 Å². The van der Waals surface area contributed by atoms with Gasteiger partial charge in [-0.25, -0.2) is 0 Å². The second kappa shape index (κ2) is 9.28. The zero-order chi connectivity index (χ0) is 13.1. The maximum absolute atomic E-state index is 10.2. The van der Waals surface area contributed by atoms with E-state index in [-0.39, 0.29) is 36.6 Å². The molecule has 1 atom stereocenters. The Morgan fingerprint density at radius 1 is 1.20 bits per heavy atom. The largest absolute Gasteiger partial charge is 0.506 e. The summed E-state index contributed by atoms with van der Waals surface area (Å²) in [6.45, 7) is 7.76. The summed E-state index contributed by atoms with van der Waals surface area (Å²) in [4.78, 5) is 2.32. The third-order valence-corrected chi connectivity index (χ3v) is 4.51. The summed E-state index contributed by atoms with van der Waals surface area (Å²) in [5.41, 5.74) is 0.876. The zero-order valence-electron chi connectivity index (χ0n) is 10.8. The highest BCUT2D eigenvalue weighted by molar-refractivity contribution is 9.11. The molecule has 0 aliphatic carbocycles. The minimum absolute atomic E-state index is 0. The van der Waals surface area contributed by atoms with E-state index in [1.54, 1.807) is 0 Å². The van der Waals surface area contributed by atoms with Gasteiger partial charge in [0, 0.05) is 36.2 Å². The van der Waals surface area contributed by atoms with Crippen molar-refractivity contribution in [3.8, 4) is 5.75 Å². The average molecular weight is 449 g/mol. The number of phenols is 1. The summed E-state index contributed by atoms with van der Waals surface area (Å²) in [6, 6.07) is 3.80. The monoisotopic (exact) mass is 446 g/mol. The minimum Gasteiger partial charge on any atom is -0.506 e. The molecule has 0 bridgehead atoms. The van der Waals surface area contributed by atoms with Gasteiger partial charge in [-0.05, 0) is 28.1 Å². The second-order valence-electron chi connectivity index (χ2n) is 4.26. The molecule has 1 aromatic carbocycles. The van der Waals surface area contributed by atoms with E-state index in [2.05, 4.69) is 48.7 Å². The summed E-state index contributed by atoms with van der Waals surface area (Å²) < 4.78 is 1.62. The van der Waals surface area contributed by atoms with E-state index in [0.29, 0.717) is 4.47 Å². The summed E-state index contributed by atoms with van der Waals surface area (Å²) in [7, 11) is 0. The fourth-order valence-corrected chi connectivity index (χ4v) is 3.15. The maximum atomic E-state index is 10.2. The van der Waals surface area contributed by atoms with Crippen molar-refractivity contribution in [2.75, 3.05) is 26.2 Å². The number of aromatic hydroxyl groups is 1. The number of phenolic OH excluding ortho intramolecular Hbond substituents is 1. The molecule has 3 nitrogen and oxygen atoms in total. The van der Waals surface area contributed by atoms with Crippen molar-refractivity contribution < 1.29 is 5.11 Å². The number of halogens is 4. The van der Waals surface area contributed by atoms with Gasteiger partial charge in [-0.3, -0.25) is 4.90 Å². The van der Waals surface area contributed by atoms with Crippen molar-refractivity contribution in [2.24, 2.45) is 0 Å². The van der Waals surface area contributed by atoms with Crippen LogP contribution in [0.3, 0.4) is 0 Å². The molecule has 1 heterocycles. The molecule has 0 radical (unpaired) electrons. The fraction of sp³-hybridized carbons (Fsp3) is 0.385. The highest BCUT2D eigenvalue weighted by atomic mass is 79.9. The highest BCUT2D eigenvalue weighted by Gasteiger charge is 2.24. The first-order valence-electron chi connectivity index (χ1n) is 5.89. The van der Waals surface area contributed by atoms with Crippen LogP contribution in [0, 0.1) is 0 Å². The van der Waals surface area contributed by atoms with E-state index in [9.17, 15) is 5.11 Å². The van der Waals surface area contributed by atoms with Gasteiger partial charge in [0.15, 0.2) is 0 Å². The van der Waals surface area contributed by atoms with Crippen molar-refractivity contribution in [3.63, 3.8) is 0 Å². The van der Waals surface area contributed by atoms with Gasteiger partial charge in [-0.2, -0.15) is 0 Å². The van der Waals surface area contributed by atoms with Gasteiger partial charge in [-0.1, -0.05) is 22.0 Å². The van der Waals surface area contributed by atoms with Crippen LogP contribution in [0.4, 0.5) is 0 Å². The van der Waals surface area contributed by atoms with Gasteiger partial charge in [0.25, 0.3) is 0 Å². The predicted molar refractivity (Wildman–Crippen MR) is 95.4 cm³/mol.